The summed E-state index contributed by atoms with van der Waals surface area (Å²) in [6.45, 7) is 1.99. The van der Waals surface area contributed by atoms with Gasteiger partial charge in [-0.25, -0.2) is 8.42 Å². The number of rotatable bonds is 9. The summed E-state index contributed by atoms with van der Waals surface area (Å²) in [5, 5.41) is 19.1. The highest BCUT2D eigenvalue weighted by Crippen LogP contribution is 2.31. The van der Waals surface area contributed by atoms with Crippen molar-refractivity contribution in [1.29, 1.82) is 0 Å². The highest BCUT2D eigenvalue weighted by molar-refractivity contribution is 7.89. The van der Waals surface area contributed by atoms with Crippen LogP contribution in [0, 0.1) is 0 Å². The van der Waals surface area contributed by atoms with Crippen LogP contribution >= 0.6 is 11.6 Å². The zero-order valence-corrected chi connectivity index (χ0v) is 22.3. The van der Waals surface area contributed by atoms with Crippen LogP contribution in [-0.2, 0) is 14.8 Å². The Kier molecular flexibility index (Phi) is 9.08. The van der Waals surface area contributed by atoms with Crippen LogP contribution in [0.25, 0.3) is 0 Å². The number of aliphatic carboxylic acids is 1. The molecule has 0 spiro atoms. The number of nitrogens with one attached hydrogen (secondary N) is 4. The molecule has 0 bridgehead atoms. The summed E-state index contributed by atoms with van der Waals surface area (Å²) in [6, 6.07) is 10.8. The van der Waals surface area contributed by atoms with Crippen molar-refractivity contribution in [3.8, 4) is 0 Å². The number of hydrogen-bond acceptors (Lipinski definition) is 8. The summed E-state index contributed by atoms with van der Waals surface area (Å²) in [4.78, 5) is 31.0. The van der Waals surface area contributed by atoms with E-state index in [0.717, 1.165) is 57.0 Å². The van der Waals surface area contributed by atoms with E-state index in [2.05, 4.69) is 30.6 Å². The van der Waals surface area contributed by atoms with Crippen molar-refractivity contribution in [3.63, 3.8) is 0 Å². The van der Waals surface area contributed by atoms with Gasteiger partial charge < -0.3 is 26.0 Å². The number of benzene rings is 2. The Hall–Kier alpha value is -3.35. The van der Waals surface area contributed by atoms with Gasteiger partial charge in [0, 0.05) is 31.7 Å². The standard InChI is InChI=1S/C25H31ClN6O5S/c26-19-15-17(10-11-21(19)32-14-5-4-9-22(32)30-25-27-12-6-13-28-25)23(33)29-16-20(24(34)35)31-38(36,37)18-7-2-1-3-8-18/h1-3,7-8,10-11,15,20,22,31H,4-6,9,12-14,16H2,(H,29,33)(H,34,35)(H2,27,28,30)/t20-,22?/m0/s1. The molecule has 2 aromatic rings. The van der Waals surface area contributed by atoms with Gasteiger partial charge >= 0.3 is 5.97 Å². The van der Waals surface area contributed by atoms with Crippen LogP contribution in [0.4, 0.5) is 5.69 Å². The number of hydrogen-bond donors (Lipinski definition) is 5. The second-order valence-electron chi connectivity index (χ2n) is 9.06. The van der Waals surface area contributed by atoms with Crippen molar-refractivity contribution in [1.82, 2.24) is 20.7 Å². The van der Waals surface area contributed by atoms with Crippen LogP contribution in [0.2, 0.25) is 5.02 Å². The van der Waals surface area contributed by atoms with Gasteiger partial charge in [-0.2, -0.15) is 4.72 Å². The molecule has 1 fully saturated rings. The molecule has 2 atom stereocenters. The smallest absolute Gasteiger partial charge is 0.323 e. The molecular weight excluding hydrogens is 532 g/mol. The number of nitrogens with zero attached hydrogens (tertiary/aromatic N) is 2. The SMILES string of the molecule is O=C(NC[C@H](NS(=O)(=O)c1ccccc1)C(=O)O)c1ccc(N2CCCCC2NC2=NCCCN2)c(Cl)c1. The van der Waals surface area contributed by atoms with Gasteiger partial charge in [0.25, 0.3) is 5.91 Å². The Balaban J connectivity index is 1.41. The van der Waals surface area contributed by atoms with E-state index in [1.807, 2.05) is 0 Å². The van der Waals surface area contributed by atoms with Crippen molar-refractivity contribution in [2.45, 2.75) is 42.8 Å². The molecular formula is C25H31ClN6O5S. The fraction of sp³-hybridized carbons (Fsp3) is 0.400. The first-order valence-electron chi connectivity index (χ1n) is 12.4. The van der Waals surface area contributed by atoms with E-state index in [-0.39, 0.29) is 16.6 Å². The maximum absolute atomic E-state index is 12.8. The number of amides is 1. The van der Waals surface area contributed by atoms with Gasteiger partial charge in [0.15, 0.2) is 5.96 Å². The Morgan fingerprint density at radius 2 is 1.95 bits per heavy atom. The van der Waals surface area contributed by atoms with E-state index < -0.39 is 34.5 Å². The van der Waals surface area contributed by atoms with Crippen molar-refractivity contribution < 1.29 is 23.1 Å². The number of carboxylic acids is 1. The van der Waals surface area contributed by atoms with Gasteiger partial charge in [-0.15, -0.1) is 0 Å². The molecule has 0 saturated carbocycles. The molecule has 0 aromatic heterocycles. The second kappa shape index (κ2) is 12.5. The summed E-state index contributed by atoms with van der Waals surface area (Å²) in [5.74, 6) is -1.22. The van der Waals surface area contributed by atoms with Crippen LogP contribution in [0.5, 0.6) is 0 Å². The molecule has 1 saturated heterocycles. The highest BCUT2D eigenvalue weighted by Gasteiger charge is 2.28. The zero-order chi connectivity index (χ0) is 27.1. The van der Waals surface area contributed by atoms with Crippen LogP contribution in [-0.4, -0.2) is 69.7 Å². The van der Waals surface area contributed by atoms with Crippen LogP contribution in [0.3, 0.4) is 0 Å². The van der Waals surface area contributed by atoms with Gasteiger partial charge in [-0.1, -0.05) is 29.8 Å². The lowest BCUT2D eigenvalue weighted by molar-refractivity contribution is -0.138. The maximum Gasteiger partial charge on any atom is 0.323 e. The Morgan fingerprint density at radius 3 is 2.63 bits per heavy atom. The van der Waals surface area contributed by atoms with Crippen molar-refractivity contribution >= 4 is 45.1 Å². The van der Waals surface area contributed by atoms with Crippen molar-refractivity contribution in [2.24, 2.45) is 4.99 Å². The normalized spacial score (nSPS) is 18.6. The van der Waals surface area contributed by atoms with E-state index in [9.17, 15) is 23.1 Å². The van der Waals surface area contributed by atoms with E-state index in [1.54, 1.807) is 18.2 Å². The molecule has 2 heterocycles. The van der Waals surface area contributed by atoms with Crippen LogP contribution in [0.1, 0.15) is 36.0 Å². The number of guanidine groups is 1. The first-order chi connectivity index (χ1) is 18.2. The predicted molar refractivity (Wildman–Crippen MR) is 145 cm³/mol. The van der Waals surface area contributed by atoms with E-state index in [4.69, 9.17) is 11.6 Å². The number of halogens is 1. The highest BCUT2D eigenvalue weighted by atomic mass is 35.5. The second-order valence-corrected chi connectivity index (χ2v) is 11.2. The number of anilines is 1. The lowest BCUT2D eigenvalue weighted by Crippen LogP contribution is -2.55. The fourth-order valence-electron chi connectivity index (χ4n) is 4.37. The minimum atomic E-state index is -4.09. The van der Waals surface area contributed by atoms with Gasteiger partial charge in [0.1, 0.15) is 12.2 Å². The quantitative estimate of drug-likeness (QED) is 0.310. The van der Waals surface area contributed by atoms with Gasteiger partial charge in [0.05, 0.1) is 15.6 Å². The number of aliphatic imine (C=N–C) groups is 1. The fourth-order valence-corrected chi connectivity index (χ4v) is 5.87. The third kappa shape index (κ3) is 6.94. The molecule has 1 amide bonds. The molecule has 0 radical (unpaired) electrons. The summed E-state index contributed by atoms with van der Waals surface area (Å²) in [5.41, 5.74) is 1.00. The third-order valence-corrected chi connectivity index (χ3v) is 8.13. The van der Waals surface area contributed by atoms with Crippen molar-refractivity contribution in [2.75, 3.05) is 31.1 Å². The van der Waals surface area contributed by atoms with Crippen LogP contribution < -0.4 is 25.6 Å². The third-order valence-electron chi connectivity index (χ3n) is 6.34. The Labute approximate surface area is 226 Å². The Bertz CT molecular complexity index is 1290. The lowest BCUT2D eigenvalue weighted by Gasteiger charge is -2.39. The number of piperidine rings is 1. The number of sulfonamides is 1. The minimum Gasteiger partial charge on any atom is -0.480 e. The van der Waals surface area contributed by atoms with E-state index in [0.29, 0.717) is 5.02 Å². The van der Waals surface area contributed by atoms with Crippen molar-refractivity contribution in [3.05, 3.63) is 59.1 Å². The monoisotopic (exact) mass is 562 g/mol. The topological polar surface area (TPSA) is 152 Å². The van der Waals surface area contributed by atoms with E-state index >= 15 is 0 Å². The Morgan fingerprint density at radius 1 is 1.16 bits per heavy atom. The first kappa shape index (κ1) is 27.7. The predicted octanol–water partition coefficient (Wildman–Crippen LogP) is 1.76. The average molecular weight is 563 g/mol. The average Bonchev–Trinajstić information content (AvgIpc) is 2.92. The summed E-state index contributed by atoms with van der Waals surface area (Å²) in [6.07, 6.45) is 3.99. The molecule has 11 nitrogen and oxygen atoms in total. The summed E-state index contributed by atoms with van der Waals surface area (Å²) < 4.78 is 27.2. The molecule has 4 rings (SSSR count). The molecule has 2 aromatic carbocycles. The number of carboxylic acid groups (broad SMARTS) is 1. The van der Waals surface area contributed by atoms with Gasteiger partial charge in [-0.05, 0) is 56.0 Å². The minimum absolute atomic E-state index is 0.000704. The first-order valence-corrected chi connectivity index (χ1v) is 14.3. The van der Waals surface area contributed by atoms with Gasteiger partial charge in [0.2, 0.25) is 10.0 Å². The molecule has 2 aliphatic rings. The number of carbonyl (C=O) groups is 2. The molecule has 38 heavy (non-hydrogen) atoms. The maximum atomic E-state index is 12.8. The number of carbonyl (C=O) groups excluding carboxylic acids is 1. The molecule has 1 unspecified atom stereocenters. The summed E-state index contributed by atoms with van der Waals surface area (Å²) >= 11 is 6.60. The van der Waals surface area contributed by atoms with Crippen LogP contribution in [0.15, 0.2) is 58.4 Å². The molecule has 204 valence electrons. The molecule has 2 aliphatic heterocycles. The summed E-state index contributed by atoms with van der Waals surface area (Å²) in [7, 11) is -4.09. The van der Waals surface area contributed by atoms with E-state index in [1.165, 1.54) is 30.3 Å². The molecule has 5 N–H and O–H groups in total. The molecule has 0 aliphatic carbocycles. The molecule has 13 heteroatoms. The largest absolute Gasteiger partial charge is 0.480 e. The lowest BCUT2D eigenvalue weighted by atomic mass is 10.1. The zero-order valence-electron chi connectivity index (χ0n) is 20.7. The van der Waals surface area contributed by atoms with Gasteiger partial charge in [-0.3, -0.25) is 14.6 Å².